The van der Waals surface area contributed by atoms with Crippen molar-refractivity contribution in [3.63, 3.8) is 0 Å². The van der Waals surface area contributed by atoms with Gasteiger partial charge in [0.1, 0.15) is 5.82 Å². The normalized spacial score (nSPS) is 13.6. The van der Waals surface area contributed by atoms with Crippen molar-refractivity contribution >= 4 is 29.0 Å². The molecule has 1 aliphatic rings. The third kappa shape index (κ3) is 4.84. The monoisotopic (exact) mass is 421 g/mol. The molecular weight excluding hydrogens is 394 g/mol. The van der Waals surface area contributed by atoms with Crippen molar-refractivity contribution in [1.29, 1.82) is 0 Å². The summed E-state index contributed by atoms with van der Waals surface area (Å²) in [5.41, 5.74) is 3.19. The molecule has 7 heteroatoms. The van der Waals surface area contributed by atoms with E-state index in [-0.39, 0.29) is 5.91 Å². The standard InChI is InChI=1S/C23H27N5OS/c1-2-28-21(16-18-10-4-3-5-11-18)25-26-23(28)30-17-22(29)24-19-12-6-7-13-20(19)27-14-8-9-15-27/h3-7,10-13H,2,8-9,14-17H2,1H3,(H,24,29). The fourth-order valence-corrected chi connectivity index (χ4v) is 4.60. The number of nitrogens with one attached hydrogen (secondary N) is 1. The third-order valence-corrected chi connectivity index (χ3v) is 6.24. The number of hydrogen-bond donors (Lipinski definition) is 1. The fraction of sp³-hybridized carbons (Fsp3) is 0.348. The summed E-state index contributed by atoms with van der Waals surface area (Å²) < 4.78 is 2.09. The van der Waals surface area contributed by atoms with Crippen LogP contribution < -0.4 is 10.2 Å². The molecule has 30 heavy (non-hydrogen) atoms. The lowest BCUT2D eigenvalue weighted by Gasteiger charge is -2.21. The number of rotatable bonds is 8. The summed E-state index contributed by atoms with van der Waals surface area (Å²) in [5, 5.41) is 12.6. The van der Waals surface area contributed by atoms with Crippen LogP contribution in [0.3, 0.4) is 0 Å². The number of benzene rings is 2. The van der Waals surface area contributed by atoms with Gasteiger partial charge in [0.25, 0.3) is 0 Å². The zero-order chi connectivity index (χ0) is 20.8. The number of carbonyl (C=O) groups excluding carboxylic acids is 1. The molecule has 6 nitrogen and oxygen atoms in total. The molecule has 0 spiro atoms. The van der Waals surface area contributed by atoms with Crippen LogP contribution in [0.25, 0.3) is 0 Å². The Kier molecular flexibility index (Phi) is 6.69. The number of hydrogen-bond acceptors (Lipinski definition) is 5. The largest absolute Gasteiger partial charge is 0.370 e. The third-order valence-electron chi connectivity index (χ3n) is 5.27. The van der Waals surface area contributed by atoms with Crippen molar-refractivity contribution in [3.8, 4) is 0 Å². The van der Waals surface area contributed by atoms with Gasteiger partial charge < -0.3 is 14.8 Å². The van der Waals surface area contributed by atoms with E-state index >= 15 is 0 Å². The molecule has 3 aromatic rings. The number of amides is 1. The zero-order valence-electron chi connectivity index (χ0n) is 17.3. The first kappa shape index (κ1) is 20.5. The number of para-hydroxylation sites is 2. The van der Waals surface area contributed by atoms with Crippen LogP contribution in [-0.2, 0) is 17.8 Å². The Morgan fingerprint density at radius 2 is 1.77 bits per heavy atom. The Hall–Kier alpha value is -2.80. The smallest absolute Gasteiger partial charge is 0.234 e. The number of nitrogens with zero attached hydrogens (tertiary/aromatic N) is 4. The summed E-state index contributed by atoms with van der Waals surface area (Å²) in [6, 6.07) is 18.3. The number of carbonyl (C=O) groups is 1. The van der Waals surface area contributed by atoms with Crippen LogP contribution in [0.4, 0.5) is 11.4 Å². The van der Waals surface area contributed by atoms with Crippen molar-refractivity contribution in [3.05, 3.63) is 66.0 Å². The second-order valence-electron chi connectivity index (χ2n) is 7.35. The first-order chi connectivity index (χ1) is 14.7. The van der Waals surface area contributed by atoms with Crippen LogP contribution in [0.5, 0.6) is 0 Å². The van der Waals surface area contributed by atoms with Gasteiger partial charge in [-0.3, -0.25) is 4.79 Å². The summed E-state index contributed by atoms with van der Waals surface area (Å²) in [7, 11) is 0. The molecule has 0 unspecified atom stereocenters. The highest BCUT2D eigenvalue weighted by Gasteiger charge is 2.18. The molecule has 2 heterocycles. The lowest BCUT2D eigenvalue weighted by Crippen LogP contribution is -2.21. The maximum atomic E-state index is 12.6. The average Bonchev–Trinajstić information content (AvgIpc) is 3.43. The average molecular weight is 422 g/mol. The van der Waals surface area contributed by atoms with Crippen LogP contribution >= 0.6 is 11.8 Å². The van der Waals surface area contributed by atoms with Crippen molar-refractivity contribution in [2.24, 2.45) is 0 Å². The molecule has 0 atom stereocenters. The molecule has 0 saturated carbocycles. The topological polar surface area (TPSA) is 63.1 Å². The zero-order valence-corrected chi connectivity index (χ0v) is 18.1. The summed E-state index contributed by atoms with van der Waals surface area (Å²) >= 11 is 1.43. The Morgan fingerprint density at radius 3 is 2.53 bits per heavy atom. The molecule has 0 aliphatic carbocycles. The summed E-state index contributed by atoms with van der Waals surface area (Å²) in [5.74, 6) is 1.20. The maximum Gasteiger partial charge on any atom is 0.234 e. The van der Waals surface area contributed by atoms with Gasteiger partial charge in [-0.1, -0.05) is 54.2 Å². The van der Waals surface area contributed by atoms with Gasteiger partial charge in [0.05, 0.1) is 17.1 Å². The number of aromatic nitrogens is 3. The molecule has 1 saturated heterocycles. The fourth-order valence-electron chi connectivity index (χ4n) is 3.78. The van der Waals surface area contributed by atoms with Gasteiger partial charge >= 0.3 is 0 Å². The molecular formula is C23H27N5OS. The van der Waals surface area contributed by atoms with Crippen LogP contribution in [-0.4, -0.2) is 39.5 Å². The van der Waals surface area contributed by atoms with E-state index in [2.05, 4.69) is 50.1 Å². The van der Waals surface area contributed by atoms with Crippen LogP contribution in [0, 0.1) is 0 Å². The van der Waals surface area contributed by atoms with E-state index in [9.17, 15) is 4.79 Å². The van der Waals surface area contributed by atoms with E-state index < -0.39 is 0 Å². The maximum absolute atomic E-state index is 12.6. The molecule has 156 valence electrons. The first-order valence-corrected chi connectivity index (χ1v) is 11.5. The van der Waals surface area contributed by atoms with Gasteiger partial charge in [-0.25, -0.2) is 0 Å². The first-order valence-electron chi connectivity index (χ1n) is 10.5. The molecule has 1 aliphatic heterocycles. The van der Waals surface area contributed by atoms with Crippen LogP contribution in [0.15, 0.2) is 59.8 Å². The number of thioether (sulfide) groups is 1. The summed E-state index contributed by atoms with van der Waals surface area (Å²) in [6.45, 7) is 4.95. The van der Waals surface area contributed by atoms with Crippen molar-refractivity contribution < 1.29 is 4.79 Å². The molecule has 0 bridgehead atoms. The second kappa shape index (κ2) is 9.80. The van der Waals surface area contributed by atoms with Crippen molar-refractivity contribution in [2.75, 3.05) is 29.1 Å². The van der Waals surface area contributed by atoms with Crippen molar-refractivity contribution in [1.82, 2.24) is 14.8 Å². The lowest BCUT2D eigenvalue weighted by atomic mass is 10.1. The van der Waals surface area contributed by atoms with Gasteiger partial charge in [-0.15, -0.1) is 10.2 Å². The highest BCUT2D eigenvalue weighted by molar-refractivity contribution is 7.99. The molecule has 1 aromatic heterocycles. The summed E-state index contributed by atoms with van der Waals surface area (Å²) in [4.78, 5) is 15.0. The van der Waals surface area contributed by atoms with E-state index in [1.54, 1.807) is 0 Å². The Bertz CT molecular complexity index is 982. The van der Waals surface area contributed by atoms with E-state index in [0.29, 0.717) is 5.75 Å². The Balaban J connectivity index is 1.39. The van der Waals surface area contributed by atoms with E-state index in [4.69, 9.17) is 0 Å². The van der Waals surface area contributed by atoms with Gasteiger partial charge in [0.15, 0.2) is 5.16 Å². The van der Waals surface area contributed by atoms with Gasteiger partial charge in [-0.05, 0) is 37.5 Å². The predicted molar refractivity (Wildman–Crippen MR) is 122 cm³/mol. The molecule has 1 amide bonds. The van der Waals surface area contributed by atoms with Crippen molar-refractivity contribution in [2.45, 2.75) is 37.9 Å². The van der Waals surface area contributed by atoms with Gasteiger partial charge in [-0.2, -0.15) is 0 Å². The minimum absolute atomic E-state index is 0.0260. The second-order valence-corrected chi connectivity index (χ2v) is 8.30. The Morgan fingerprint density at radius 1 is 1.03 bits per heavy atom. The highest BCUT2D eigenvalue weighted by atomic mass is 32.2. The Labute approximate surface area is 181 Å². The highest BCUT2D eigenvalue weighted by Crippen LogP contribution is 2.29. The van der Waals surface area contributed by atoms with Gasteiger partial charge in [0, 0.05) is 26.1 Å². The molecule has 4 rings (SSSR count). The quantitative estimate of drug-likeness (QED) is 0.552. The van der Waals surface area contributed by atoms with Crippen LogP contribution in [0.2, 0.25) is 0 Å². The molecule has 0 radical (unpaired) electrons. The van der Waals surface area contributed by atoms with E-state index in [1.165, 1.54) is 30.2 Å². The number of anilines is 2. The molecule has 1 N–H and O–H groups in total. The summed E-state index contributed by atoms with van der Waals surface area (Å²) in [6.07, 6.45) is 3.14. The molecule has 2 aromatic carbocycles. The van der Waals surface area contributed by atoms with E-state index in [0.717, 1.165) is 48.4 Å². The predicted octanol–water partition coefficient (Wildman–Crippen LogP) is 4.22. The lowest BCUT2D eigenvalue weighted by molar-refractivity contribution is -0.113. The minimum Gasteiger partial charge on any atom is -0.370 e. The van der Waals surface area contributed by atoms with E-state index in [1.807, 2.05) is 36.4 Å². The molecule has 1 fully saturated rings. The van der Waals surface area contributed by atoms with Crippen LogP contribution in [0.1, 0.15) is 31.2 Å². The van der Waals surface area contributed by atoms with Gasteiger partial charge in [0.2, 0.25) is 5.91 Å². The minimum atomic E-state index is -0.0260. The SMILES string of the molecule is CCn1c(Cc2ccccc2)nnc1SCC(=O)Nc1ccccc1N1CCCC1.